The molecule has 0 aliphatic rings. The van der Waals surface area contributed by atoms with Crippen LogP contribution in [-0.4, -0.2) is 4.98 Å². The molecule has 0 radical (unpaired) electrons. The van der Waals surface area contributed by atoms with Crippen molar-refractivity contribution in [2.24, 2.45) is 0 Å². The van der Waals surface area contributed by atoms with Crippen LogP contribution in [0.25, 0.3) is 10.9 Å². The van der Waals surface area contributed by atoms with E-state index in [9.17, 15) is 0 Å². The third-order valence-corrected chi connectivity index (χ3v) is 3.36. The summed E-state index contributed by atoms with van der Waals surface area (Å²) in [7, 11) is 0. The van der Waals surface area contributed by atoms with Gasteiger partial charge in [-0.1, -0.05) is 61.5 Å². The Morgan fingerprint density at radius 2 is 1.50 bits per heavy atom. The number of aromatic nitrogens is 1. The fourth-order valence-corrected chi connectivity index (χ4v) is 2.24. The van der Waals surface area contributed by atoms with E-state index in [1.165, 1.54) is 10.9 Å². The molecule has 0 saturated carbocycles. The second-order valence-corrected chi connectivity index (χ2v) is 4.56. The van der Waals surface area contributed by atoms with E-state index in [-0.39, 0.29) is 0 Å². The third kappa shape index (κ3) is 2.00. The molecule has 0 saturated heterocycles. The average Bonchev–Trinajstić information content (AvgIpc) is 2.47. The highest BCUT2D eigenvalue weighted by atomic mass is 14.7. The number of benzene rings is 2. The summed E-state index contributed by atoms with van der Waals surface area (Å²) in [6.07, 6.45) is 0. The topological polar surface area (TPSA) is 12.9 Å². The first-order valence-electron chi connectivity index (χ1n) is 6.25. The van der Waals surface area contributed by atoms with Gasteiger partial charge in [0.1, 0.15) is 0 Å². The van der Waals surface area contributed by atoms with E-state index in [4.69, 9.17) is 4.98 Å². The number of rotatable bonds is 2. The standard InChI is InChI=1S/C17H15N/c1-13(14-7-3-2-4-8-14)16-12-11-15-9-5-6-10-17(15)18-16/h2-13H,1H3. The maximum absolute atomic E-state index is 4.75. The molecule has 0 spiro atoms. The molecule has 0 fully saturated rings. The van der Waals surface area contributed by atoms with Crippen molar-refractivity contribution in [3.05, 3.63) is 78.0 Å². The zero-order valence-corrected chi connectivity index (χ0v) is 10.4. The van der Waals surface area contributed by atoms with Crippen LogP contribution < -0.4 is 0 Å². The summed E-state index contributed by atoms with van der Waals surface area (Å²) >= 11 is 0. The number of pyridine rings is 1. The van der Waals surface area contributed by atoms with Crippen LogP contribution in [-0.2, 0) is 0 Å². The quantitative estimate of drug-likeness (QED) is 0.639. The number of hydrogen-bond acceptors (Lipinski definition) is 1. The van der Waals surface area contributed by atoms with Gasteiger partial charge >= 0.3 is 0 Å². The molecule has 1 heterocycles. The SMILES string of the molecule is CC(c1ccccc1)c1ccc2ccccc2n1. The van der Waals surface area contributed by atoms with Gasteiger partial charge in [0.25, 0.3) is 0 Å². The molecule has 0 aliphatic carbocycles. The lowest BCUT2D eigenvalue weighted by atomic mass is 9.97. The van der Waals surface area contributed by atoms with Gasteiger partial charge in [-0.15, -0.1) is 0 Å². The largest absolute Gasteiger partial charge is 0.252 e. The van der Waals surface area contributed by atoms with Crippen molar-refractivity contribution in [2.45, 2.75) is 12.8 Å². The molecule has 0 aliphatic heterocycles. The molecular formula is C17H15N. The van der Waals surface area contributed by atoms with Crippen LogP contribution in [0.4, 0.5) is 0 Å². The van der Waals surface area contributed by atoms with Crippen LogP contribution in [0.15, 0.2) is 66.7 Å². The molecule has 1 nitrogen and oxygen atoms in total. The number of fused-ring (bicyclic) bond motifs is 1. The van der Waals surface area contributed by atoms with Gasteiger partial charge in [0.2, 0.25) is 0 Å². The Morgan fingerprint density at radius 1 is 0.778 bits per heavy atom. The Balaban J connectivity index is 2.04. The second kappa shape index (κ2) is 4.61. The first-order chi connectivity index (χ1) is 8.84. The maximum Gasteiger partial charge on any atom is 0.0705 e. The lowest BCUT2D eigenvalue weighted by molar-refractivity contribution is 0.880. The molecule has 88 valence electrons. The number of para-hydroxylation sites is 1. The van der Waals surface area contributed by atoms with E-state index < -0.39 is 0 Å². The summed E-state index contributed by atoms with van der Waals surface area (Å²) in [4.78, 5) is 4.75. The summed E-state index contributed by atoms with van der Waals surface area (Å²) in [5.74, 6) is 0.329. The molecule has 1 atom stereocenters. The van der Waals surface area contributed by atoms with Crippen molar-refractivity contribution < 1.29 is 0 Å². The molecule has 3 aromatic rings. The minimum Gasteiger partial charge on any atom is -0.252 e. The van der Waals surface area contributed by atoms with Gasteiger partial charge in [0.05, 0.1) is 5.52 Å². The van der Waals surface area contributed by atoms with Gasteiger partial charge in [-0.2, -0.15) is 0 Å². The Morgan fingerprint density at radius 3 is 2.33 bits per heavy atom. The fraction of sp³-hybridized carbons (Fsp3) is 0.118. The minimum atomic E-state index is 0.329. The monoisotopic (exact) mass is 233 g/mol. The van der Waals surface area contributed by atoms with Crippen LogP contribution in [0.2, 0.25) is 0 Å². The van der Waals surface area contributed by atoms with Crippen LogP contribution in [0.5, 0.6) is 0 Å². The predicted molar refractivity (Wildman–Crippen MR) is 75.7 cm³/mol. The van der Waals surface area contributed by atoms with Crippen molar-refractivity contribution in [2.75, 3.05) is 0 Å². The Kier molecular flexibility index (Phi) is 2.81. The maximum atomic E-state index is 4.75. The number of nitrogens with zero attached hydrogens (tertiary/aromatic N) is 1. The smallest absolute Gasteiger partial charge is 0.0705 e. The molecule has 0 N–H and O–H groups in total. The summed E-state index contributed by atoms with van der Waals surface area (Å²) < 4.78 is 0. The van der Waals surface area contributed by atoms with Gasteiger partial charge in [-0.05, 0) is 17.7 Å². The van der Waals surface area contributed by atoms with E-state index in [2.05, 4.69) is 55.5 Å². The zero-order valence-electron chi connectivity index (χ0n) is 10.4. The summed E-state index contributed by atoms with van der Waals surface area (Å²) in [5, 5.41) is 1.20. The van der Waals surface area contributed by atoms with Crippen molar-refractivity contribution in [1.82, 2.24) is 4.98 Å². The Hall–Kier alpha value is -2.15. The van der Waals surface area contributed by atoms with E-state index in [1.807, 2.05) is 18.2 Å². The van der Waals surface area contributed by atoms with Crippen molar-refractivity contribution in [3.63, 3.8) is 0 Å². The van der Waals surface area contributed by atoms with Crippen LogP contribution >= 0.6 is 0 Å². The number of hydrogen-bond donors (Lipinski definition) is 0. The average molecular weight is 233 g/mol. The molecule has 0 bridgehead atoms. The summed E-state index contributed by atoms with van der Waals surface area (Å²) in [5.41, 5.74) is 3.50. The molecule has 1 unspecified atom stereocenters. The molecule has 1 heteroatoms. The Bertz CT molecular complexity index is 659. The first kappa shape index (κ1) is 11.0. The lowest BCUT2D eigenvalue weighted by Gasteiger charge is -2.12. The molecule has 18 heavy (non-hydrogen) atoms. The zero-order chi connectivity index (χ0) is 12.4. The third-order valence-electron chi connectivity index (χ3n) is 3.36. The van der Waals surface area contributed by atoms with Gasteiger partial charge in [0.15, 0.2) is 0 Å². The first-order valence-corrected chi connectivity index (χ1v) is 6.25. The van der Waals surface area contributed by atoms with Crippen molar-refractivity contribution >= 4 is 10.9 Å². The predicted octanol–water partition coefficient (Wildman–Crippen LogP) is 4.39. The van der Waals surface area contributed by atoms with Crippen LogP contribution in [0, 0.1) is 0 Å². The van der Waals surface area contributed by atoms with Crippen molar-refractivity contribution in [3.8, 4) is 0 Å². The highest BCUT2D eigenvalue weighted by molar-refractivity contribution is 5.78. The van der Waals surface area contributed by atoms with Gasteiger partial charge in [0, 0.05) is 17.0 Å². The Labute approximate surface area is 107 Å². The molecule has 3 rings (SSSR count). The van der Waals surface area contributed by atoms with Crippen molar-refractivity contribution in [1.29, 1.82) is 0 Å². The van der Waals surface area contributed by atoms with E-state index in [1.54, 1.807) is 0 Å². The van der Waals surface area contributed by atoms with Crippen LogP contribution in [0.3, 0.4) is 0 Å². The van der Waals surface area contributed by atoms with Gasteiger partial charge in [-0.3, -0.25) is 4.98 Å². The highest BCUT2D eigenvalue weighted by Crippen LogP contribution is 2.24. The minimum absolute atomic E-state index is 0.329. The van der Waals surface area contributed by atoms with E-state index >= 15 is 0 Å². The molecular weight excluding hydrogens is 218 g/mol. The second-order valence-electron chi connectivity index (χ2n) is 4.56. The summed E-state index contributed by atoms with van der Waals surface area (Å²) in [6, 6.07) is 23.0. The van der Waals surface area contributed by atoms with Gasteiger partial charge in [-0.25, -0.2) is 0 Å². The van der Waals surface area contributed by atoms with Gasteiger partial charge < -0.3 is 0 Å². The fourth-order valence-electron chi connectivity index (χ4n) is 2.24. The van der Waals surface area contributed by atoms with E-state index in [0.29, 0.717) is 5.92 Å². The molecule has 1 aromatic heterocycles. The highest BCUT2D eigenvalue weighted by Gasteiger charge is 2.09. The van der Waals surface area contributed by atoms with E-state index in [0.717, 1.165) is 11.2 Å². The summed E-state index contributed by atoms with van der Waals surface area (Å²) in [6.45, 7) is 2.20. The normalized spacial score (nSPS) is 12.5. The van der Waals surface area contributed by atoms with Crippen LogP contribution in [0.1, 0.15) is 24.1 Å². The lowest BCUT2D eigenvalue weighted by Crippen LogP contribution is -1.98. The molecule has 2 aromatic carbocycles. The molecule has 0 amide bonds.